The summed E-state index contributed by atoms with van der Waals surface area (Å²) >= 11 is 0. The van der Waals surface area contributed by atoms with Gasteiger partial charge in [0.1, 0.15) is 5.75 Å². The molecule has 2 aliphatic heterocycles. The Balaban J connectivity index is 1.52. The minimum absolute atomic E-state index is 0.00556. The fraction of sp³-hybridized carbons (Fsp3) is 0.591. The van der Waals surface area contributed by atoms with Gasteiger partial charge in [-0.25, -0.2) is 0 Å². The number of rotatable bonds is 3. The highest BCUT2D eigenvalue weighted by molar-refractivity contribution is 5.86. The molecule has 5 rings (SSSR count). The standard InChI is InChI=1S/C22H28N2O5/c1-28-12-3-4-13-14-5-6-24-10-11-7-18(25)21(29-2)19(22(26)27)15(11)9-17(24)20(14)23-16(13)8-12/h3-4,8,11,15,17-19,21,23,25H,5-7,9-10H2,1-2H3,(H,26,27)/t11-,15-,17+,18+,19-,21-/m0/s1. The molecule has 0 amide bonds. The zero-order chi connectivity index (χ0) is 20.3. The number of nitrogens with zero attached hydrogens (tertiary/aromatic N) is 1. The van der Waals surface area contributed by atoms with Gasteiger partial charge in [-0.2, -0.15) is 0 Å². The van der Waals surface area contributed by atoms with Gasteiger partial charge in [0.15, 0.2) is 0 Å². The lowest BCUT2D eigenvalue weighted by Gasteiger charge is -2.52. The summed E-state index contributed by atoms with van der Waals surface area (Å²) in [7, 11) is 3.17. The largest absolute Gasteiger partial charge is 0.497 e. The molecule has 0 spiro atoms. The van der Waals surface area contributed by atoms with E-state index in [2.05, 4.69) is 16.0 Å². The maximum atomic E-state index is 12.1. The van der Waals surface area contributed by atoms with Gasteiger partial charge in [-0.3, -0.25) is 9.69 Å². The number of methoxy groups -OCH3 is 2. The number of benzene rings is 1. The van der Waals surface area contributed by atoms with Crippen molar-refractivity contribution < 1.29 is 24.5 Å². The van der Waals surface area contributed by atoms with Crippen LogP contribution >= 0.6 is 0 Å². The molecule has 7 heteroatoms. The zero-order valence-electron chi connectivity index (χ0n) is 16.8. The molecule has 1 saturated heterocycles. The molecular formula is C22H28N2O5. The van der Waals surface area contributed by atoms with Crippen molar-refractivity contribution in [3.05, 3.63) is 29.5 Å². The quantitative estimate of drug-likeness (QED) is 0.731. The third-order valence-electron chi connectivity index (χ3n) is 7.44. The van der Waals surface area contributed by atoms with E-state index in [9.17, 15) is 15.0 Å². The number of carbonyl (C=O) groups is 1. The summed E-state index contributed by atoms with van der Waals surface area (Å²) in [5, 5.41) is 21.7. The predicted molar refractivity (Wildman–Crippen MR) is 107 cm³/mol. The van der Waals surface area contributed by atoms with Crippen molar-refractivity contribution in [2.24, 2.45) is 17.8 Å². The van der Waals surface area contributed by atoms with Gasteiger partial charge in [0, 0.05) is 42.9 Å². The van der Waals surface area contributed by atoms with Gasteiger partial charge in [-0.05, 0) is 48.8 Å². The van der Waals surface area contributed by atoms with Gasteiger partial charge < -0.3 is 24.7 Å². The monoisotopic (exact) mass is 400 g/mol. The Morgan fingerprint density at radius 3 is 2.83 bits per heavy atom. The lowest BCUT2D eigenvalue weighted by Crippen LogP contribution is -2.57. The van der Waals surface area contributed by atoms with Crippen LogP contribution in [0.5, 0.6) is 5.75 Å². The van der Waals surface area contributed by atoms with E-state index in [4.69, 9.17) is 9.47 Å². The number of fused-ring (bicyclic) bond motifs is 6. The molecule has 2 fully saturated rings. The van der Waals surface area contributed by atoms with E-state index in [1.165, 1.54) is 23.8 Å². The second-order valence-corrected chi connectivity index (χ2v) is 8.72. The first kappa shape index (κ1) is 18.9. The Bertz CT molecular complexity index is 941. The molecular weight excluding hydrogens is 372 g/mol. The van der Waals surface area contributed by atoms with Crippen LogP contribution in [-0.2, 0) is 16.0 Å². The van der Waals surface area contributed by atoms with E-state index in [0.717, 1.165) is 37.2 Å². The molecule has 1 aromatic heterocycles. The average Bonchev–Trinajstić information content (AvgIpc) is 3.09. The van der Waals surface area contributed by atoms with E-state index in [1.54, 1.807) is 7.11 Å². The number of carboxylic acids is 1. The molecule has 7 nitrogen and oxygen atoms in total. The van der Waals surface area contributed by atoms with Crippen LogP contribution in [-0.4, -0.2) is 65.6 Å². The Labute approximate surface area is 169 Å². The number of piperidine rings is 1. The number of aliphatic hydroxyl groups excluding tert-OH is 1. The number of carboxylic acid groups (broad SMARTS) is 1. The summed E-state index contributed by atoms with van der Waals surface area (Å²) in [6.07, 6.45) is 0.981. The van der Waals surface area contributed by atoms with Crippen molar-refractivity contribution in [3.8, 4) is 5.75 Å². The van der Waals surface area contributed by atoms with E-state index in [0.29, 0.717) is 6.42 Å². The number of aromatic amines is 1. The molecule has 0 unspecified atom stereocenters. The Morgan fingerprint density at radius 2 is 2.10 bits per heavy atom. The topological polar surface area (TPSA) is 95.0 Å². The lowest BCUT2D eigenvalue weighted by atomic mass is 9.64. The van der Waals surface area contributed by atoms with Gasteiger partial charge >= 0.3 is 5.97 Å². The van der Waals surface area contributed by atoms with Crippen molar-refractivity contribution in [3.63, 3.8) is 0 Å². The summed E-state index contributed by atoms with van der Waals surface area (Å²) in [5.74, 6) is -0.539. The molecule has 0 bridgehead atoms. The minimum atomic E-state index is -0.864. The number of hydrogen-bond donors (Lipinski definition) is 3. The van der Waals surface area contributed by atoms with E-state index in [-0.39, 0.29) is 17.9 Å². The van der Waals surface area contributed by atoms with Crippen LogP contribution in [0.1, 0.15) is 30.1 Å². The smallest absolute Gasteiger partial charge is 0.309 e. The zero-order valence-corrected chi connectivity index (χ0v) is 16.8. The minimum Gasteiger partial charge on any atom is -0.497 e. The molecule has 1 saturated carbocycles. The summed E-state index contributed by atoms with van der Waals surface area (Å²) in [5.41, 5.74) is 3.62. The Hall–Kier alpha value is -2.09. The van der Waals surface area contributed by atoms with Gasteiger partial charge in [0.25, 0.3) is 0 Å². The van der Waals surface area contributed by atoms with Crippen LogP contribution in [0, 0.1) is 17.8 Å². The Morgan fingerprint density at radius 1 is 1.28 bits per heavy atom. The highest BCUT2D eigenvalue weighted by Crippen LogP contribution is 2.49. The van der Waals surface area contributed by atoms with Crippen LogP contribution in [0.2, 0.25) is 0 Å². The van der Waals surface area contributed by atoms with Crippen molar-refractivity contribution in [2.45, 2.75) is 37.5 Å². The predicted octanol–water partition coefficient (Wildman–Crippen LogP) is 2.19. The third-order valence-corrected chi connectivity index (χ3v) is 7.44. The van der Waals surface area contributed by atoms with Crippen LogP contribution in [0.15, 0.2) is 18.2 Å². The number of hydrogen-bond acceptors (Lipinski definition) is 5. The first-order valence-electron chi connectivity index (χ1n) is 10.4. The maximum absolute atomic E-state index is 12.1. The van der Waals surface area contributed by atoms with Crippen molar-refractivity contribution in [1.29, 1.82) is 0 Å². The molecule has 3 aliphatic rings. The summed E-state index contributed by atoms with van der Waals surface area (Å²) in [6, 6.07) is 6.31. The molecule has 3 heterocycles. The molecule has 29 heavy (non-hydrogen) atoms. The number of aromatic nitrogens is 1. The SMILES string of the molecule is COc1ccc2c3c([nH]c2c1)[C@H]1C[C@H]2[C@@H](C[C@@H](O)[C@H](OC)[C@H]2C(=O)O)CN1CC3. The molecule has 2 aromatic rings. The molecule has 1 aromatic carbocycles. The van der Waals surface area contributed by atoms with E-state index in [1.807, 2.05) is 12.1 Å². The van der Waals surface area contributed by atoms with E-state index < -0.39 is 24.1 Å². The lowest BCUT2D eigenvalue weighted by molar-refractivity contribution is -0.172. The molecule has 1 aliphatic carbocycles. The fourth-order valence-corrected chi connectivity index (χ4v) is 6.15. The highest BCUT2D eigenvalue weighted by atomic mass is 16.5. The van der Waals surface area contributed by atoms with Crippen LogP contribution in [0.4, 0.5) is 0 Å². The van der Waals surface area contributed by atoms with Crippen molar-refractivity contribution in [1.82, 2.24) is 9.88 Å². The molecule has 0 radical (unpaired) electrons. The number of ether oxygens (including phenoxy) is 2. The summed E-state index contributed by atoms with van der Waals surface area (Å²) in [6.45, 7) is 1.78. The molecule has 3 N–H and O–H groups in total. The van der Waals surface area contributed by atoms with Crippen LogP contribution in [0.25, 0.3) is 10.9 Å². The number of aliphatic hydroxyl groups is 1. The summed E-state index contributed by atoms with van der Waals surface area (Å²) < 4.78 is 10.8. The van der Waals surface area contributed by atoms with Crippen molar-refractivity contribution >= 4 is 16.9 Å². The first-order valence-corrected chi connectivity index (χ1v) is 10.4. The second kappa shape index (κ2) is 7.00. The maximum Gasteiger partial charge on any atom is 0.309 e. The van der Waals surface area contributed by atoms with Gasteiger partial charge in [-0.1, -0.05) is 0 Å². The molecule has 6 atom stereocenters. The number of aliphatic carboxylic acids is 1. The molecule has 156 valence electrons. The number of nitrogens with one attached hydrogen (secondary N) is 1. The highest BCUT2D eigenvalue weighted by Gasteiger charge is 2.52. The fourth-order valence-electron chi connectivity index (χ4n) is 6.15. The van der Waals surface area contributed by atoms with Crippen molar-refractivity contribution in [2.75, 3.05) is 27.3 Å². The number of H-pyrrole nitrogens is 1. The normalized spacial score (nSPS) is 34.3. The van der Waals surface area contributed by atoms with Gasteiger partial charge in [-0.15, -0.1) is 0 Å². The summed E-state index contributed by atoms with van der Waals surface area (Å²) in [4.78, 5) is 18.2. The van der Waals surface area contributed by atoms with Crippen LogP contribution < -0.4 is 4.74 Å². The second-order valence-electron chi connectivity index (χ2n) is 8.72. The average molecular weight is 400 g/mol. The third kappa shape index (κ3) is 2.86. The van der Waals surface area contributed by atoms with Gasteiger partial charge in [0.2, 0.25) is 0 Å². The van der Waals surface area contributed by atoms with Gasteiger partial charge in [0.05, 0.1) is 31.3 Å². The first-order chi connectivity index (χ1) is 14.0. The van der Waals surface area contributed by atoms with E-state index >= 15 is 0 Å². The Kier molecular flexibility index (Phi) is 4.57. The van der Waals surface area contributed by atoms with Crippen LogP contribution in [0.3, 0.4) is 0 Å².